The normalized spacial score (nSPS) is 15.1. The highest BCUT2D eigenvalue weighted by Crippen LogP contribution is 2.25. The first-order valence-electron chi connectivity index (χ1n) is 4.87. The number of rotatable bonds is 6. The van der Waals surface area contributed by atoms with Crippen LogP contribution in [0.2, 0.25) is 0 Å². The highest BCUT2D eigenvalue weighted by molar-refractivity contribution is 9.10. The van der Waals surface area contributed by atoms with Crippen molar-refractivity contribution in [2.75, 3.05) is 18.6 Å². The quantitative estimate of drug-likeness (QED) is 0.819. The van der Waals surface area contributed by atoms with Gasteiger partial charge in [0.1, 0.15) is 0 Å². The summed E-state index contributed by atoms with van der Waals surface area (Å²) in [5.41, 5.74) is 0. The van der Waals surface area contributed by atoms with E-state index in [0.717, 1.165) is 23.2 Å². The zero-order valence-corrected chi connectivity index (χ0v) is 12.2. The second-order valence-electron chi connectivity index (χ2n) is 3.47. The molecule has 2 atom stereocenters. The van der Waals surface area contributed by atoms with Gasteiger partial charge in [0.15, 0.2) is 0 Å². The molecule has 1 rings (SSSR count). The average molecular weight is 310 g/mol. The van der Waals surface area contributed by atoms with E-state index in [2.05, 4.69) is 39.6 Å². The molecule has 1 aromatic rings. The van der Waals surface area contributed by atoms with E-state index in [0.29, 0.717) is 6.04 Å². The summed E-state index contributed by atoms with van der Waals surface area (Å²) in [4.78, 5) is 1.33. The average Bonchev–Trinajstić information content (AvgIpc) is 2.59. The Morgan fingerprint density at radius 2 is 2.40 bits per heavy atom. The van der Waals surface area contributed by atoms with Crippen LogP contribution in [0.15, 0.2) is 15.9 Å². The van der Waals surface area contributed by atoms with Gasteiger partial charge in [-0.3, -0.25) is 4.21 Å². The predicted octanol–water partition coefficient (Wildman–Crippen LogP) is 2.93. The smallest absolute Gasteiger partial charge is 0.0386 e. The fraction of sp³-hybridized carbons (Fsp3) is 0.600. The highest BCUT2D eigenvalue weighted by atomic mass is 79.9. The lowest BCUT2D eigenvalue weighted by molar-refractivity contribution is 0.578. The maximum Gasteiger partial charge on any atom is 0.0386 e. The van der Waals surface area contributed by atoms with E-state index in [-0.39, 0.29) is 0 Å². The Morgan fingerprint density at radius 3 is 2.93 bits per heavy atom. The molecule has 1 N–H and O–H groups in total. The van der Waals surface area contributed by atoms with E-state index in [1.807, 2.05) is 0 Å². The standard InChI is InChI=1S/C10H16BrNOS2/c1-8(10-6-9(11)7-14-10)12-4-3-5-15(2)13/h6-8,12H,3-5H2,1-2H3. The SMILES string of the molecule is CC(NCCCS(C)=O)c1cc(Br)cs1. The number of hydrogen-bond donors (Lipinski definition) is 1. The molecule has 0 aliphatic carbocycles. The molecule has 0 aromatic carbocycles. The summed E-state index contributed by atoms with van der Waals surface area (Å²) in [7, 11) is -0.666. The van der Waals surface area contributed by atoms with Gasteiger partial charge in [-0.2, -0.15) is 0 Å². The lowest BCUT2D eigenvalue weighted by Gasteiger charge is -2.11. The molecular formula is C10H16BrNOS2. The maximum atomic E-state index is 10.8. The first kappa shape index (κ1) is 13.4. The Labute approximate surface area is 106 Å². The van der Waals surface area contributed by atoms with Crippen LogP contribution in [-0.4, -0.2) is 22.8 Å². The van der Waals surface area contributed by atoms with Crippen molar-refractivity contribution in [1.82, 2.24) is 5.32 Å². The van der Waals surface area contributed by atoms with E-state index in [9.17, 15) is 4.21 Å². The monoisotopic (exact) mass is 309 g/mol. The van der Waals surface area contributed by atoms with Crippen LogP contribution in [0, 0.1) is 0 Å². The van der Waals surface area contributed by atoms with Crippen LogP contribution in [-0.2, 0) is 10.8 Å². The topological polar surface area (TPSA) is 29.1 Å². The minimum absolute atomic E-state index is 0.381. The summed E-state index contributed by atoms with van der Waals surface area (Å²) < 4.78 is 12.0. The van der Waals surface area contributed by atoms with Crippen molar-refractivity contribution in [3.05, 3.63) is 20.8 Å². The van der Waals surface area contributed by atoms with E-state index in [4.69, 9.17) is 0 Å². The number of thiophene rings is 1. The maximum absolute atomic E-state index is 10.8. The third-order valence-corrected chi connectivity index (χ3v) is 4.81. The van der Waals surface area contributed by atoms with Crippen molar-refractivity contribution in [3.8, 4) is 0 Å². The first-order valence-corrected chi connectivity index (χ1v) is 8.27. The van der Waals surface area contributed by atoms with Crippen LogP contribution in [0.3, 0.4) is 0 Å². The molecule has 0 saturated carbocycles. The van der Waals surface area contributed by atoms with Gasteiger partial charge < -0.3 is 5.32 Å². The molecule has 2 nitrogen and oxygen atoms in total. The third-order valence-electron chi connectivity index (χ3n) is 2.07. The molecule has 1 aromatic heterocycles. The molecule has 0 fully saturated rings. The minimum atomic E-state index is -0.666. The zero-order chi connectivity index (χ0) is 11.3. The van der Waals surface area contributed by atoms with Crippen molar-refractivity contribution in [1.29, 1.82) is 0 Å². The van der Waals surface area contributed by atoms with Gasteiger partial charge in [0.05, 0.1) is 0 Å². The van der Waals surface area contributed by atoms with Crippen LogP contribution in [0.25, 0.3) is 0 Å². The van der Waals surface area contributed by atoms with Crippen LogP contribution < -0.4 is 5.32 Å². The van der Waals surface area contributed by atoms with Gasteiger partial charge >= 0.3 is 0 Å². The molecule has 0 amide bonds. The minimum Gasteiger partial charge on any atom is -0.309 e. The molecule has 0 bridgehead atoms. The number of halogens is 1. The number of nitrogens with one attached hydrogen (secondary N) is 1. The molecule has 0 aliphatic heterocycles. The molecular weight excluding hydrogens is 294 g/mol. The third kappa shape index (κ3) is 5.24. The molecule has 86 valence electrons. The molecule has 1 heterocycles. The molecule has 5 heteroatoms. The highest BCUT2D eigenvalue weighted by Gasteiger charge is 2.06. The Morgan fingerprint density at radius 1 is 1.67 bits per heavy atom. The number of hydrogen-bond acceptors (Lipinski definition) is 3. The summed E-state index contributed by atoms with van der Waals surface area (Å²) in [6, 6.07) is 2.52. The summed E-state index contributed by atoms with van der Waals surface area (Å²) in [5.74, 6) is 0.786. The second-order valence-corrected chi connectivity index (χ2v) is 6.89. The fourth-order valence-electron chi connectivity index (χ4n) is 1.25. The fourth-order valence-corrected chi connectivity index (χ4v) is 3.28. The van der Waals surface area contributed by atoms with Crippen molar-refractivity contribution >= 4 is 38.1 Å². The molecule has 0 aliphatic rings. The van der Waals surface area contributed by atoms with E-state index in [1.54, 1.807) is 17.6 Å². The Hall–Kier alpha value is 0.290. The van der Waals surface area contributed by atoms with Crippen LogP contribution >= 0.6 is 27.3 Å². The zero-order valence-electron chi connectivity index (χ0n) is 8.96. The second kappa shape index (κ2) is 6.78. The Kier molecular flexibility index (Phi) is 6.04. The largest absolute Gasteiger partial charge is 0.309 e. The van der Waals surface area contributed by atoms with Crippen LogP contribution in [0.1, 0.15) is 24.3 Å². The van der Waals surface area contributed by atoms with Gasteiger partial charge in [-0.15, -0.1) is 11.3 Å². The molecule has 15 heavy (non-hydrogen) atoms. The van der Waals surface area contributed by atoms with Gasteiger partial charge in [0, 0.05) is 43.6 Å². The van der Waals surface area contributed by atoms with Crippen LogP contribution in [0.5, 0.6) is 0 Å². The molecule has 2 unspecified atom stereocenters. The van der Waals surface area contributed by atoms with E-state index < -0.39 is 10.8 Å². The summed E-state index contributed by atoms with van der Waals surface area (Å²) in [5, 5.41) is 5.51. The van der Waals surface area contributed by atoms with E-state index in [1.165, 1.54) is 4.88 Å². The van der Waals surface area contributed by atoms with E-state index >= 15 is 0 Å². The van der Waals surface area contributed by atoms with Crippen molar-refractivity contribution in [3.63, 3.8) is 0 Å². The lowest BCUT2D eigenvalue weighted by atomic mass is 10.2. The lowest BCUT2D eigenvalue weighted by Crippen LogP contribution is -2.20. The van der Waals surface area contributed by atoms with Gasteiger partial charge in [0.25, 0.3) is 0 Å². The first-order chi connectivity index (χ1) is 7.09. The van der Waals surface area contributed by atoms with Gasteiger partial charge in [0.2, 0.25) is 0 Å². The van der Waals surface area contributed by atoms with Crippen molar-refractivity contribution in [2.24, 2.45) is 0 Å². The summed E-state index contributed by atoms with van der Waals surface area (Å²) in [6.45, 7) is 3.08. The van der Waals surface area contributed by atoms with Crippen molar-refractivity contribution in [2.45, 2.75) is 19.4 Å². The molecule has 0 spiro atoms. The van der Waals surface area contributed by atoms with Gasteiger partial charge in [-0.25, -0.2) is 0 Å². The van der Waals surface area contributed by atoms with Gasteiger partial charge in [-0.05, 0) is 41.9 Å². The van der Waals surface area contributed by atoms with Crippen LogP contribution in [0.4, 0.5) is 0 Å². The van der Waals surface area contributed by atoms with Crippen molar-refractivity contribution < 1.29 is 4.21 Å². The van der Waals surface area contributed by atoms with Gasteiger partial charge in [-0.1, -0.05) is 0 Å². The Bertz CT molecular complexity index is 327. The summed E-state index contributed by atoms with van der Waals surface area (Å²) in [6.07, 6.45) is 2.72. The predicted molar refractivity (Wildman–Crippen MR) is 72.0 cm³/mol. The molecule has 0 saturated heterocycles. The molecule has 0 radical (unpaired) electrons. The summed E-state index contributed by atoms with van der Waals surface area (Å²) >= 11 is 5.20. The Balaban J connectivity index is 2.24.